The third-order valence-electron chi connectivity index (χ3n) is 2.72. The smallest absolute Gasteiger partial charge is 0.262 e. The molecule has 2 aromatic rings. The Morgan fingerprint density at radius 1 is 1.04 bits per heavy atom. The first-order chi connectivity index (χ1) is 11.2. The van der Waals surface area contributed by atoms with Gasteiger partial charge >= 0.3 is 0 Å². The minimum atomic E-state index is -0.634. The second-order valence-corrected chi connectivity index (χ2v) is 7.17. The summed E-state index contributed by atoms with van der Waals surface area (Å²) >= 11 is 32.7. The van der Waals surface area contributed by atoms with Crippen LogP contribution in [0.1, 0.15) is 0 Å². The topological polar surface area (TPSA) is 38.3 Å². The molecule has 0 fully saturated rings. The van der Waals surface area contributed by atoms with Crippen LogP contribution in [0, 0.1) is 5.82 Å². The molecule has 2 rings (SSSR count). The van der Waals surface area contributed by atoms with Gasteiger partial charge in [0.25, 0.3) is 5.91 Å². The fourth-order valence-electron chi connectivity index (χ4n) is 1.63. The average Bonchev–Trinajstić information content (AvgIpc) is 2.53. The van der Waals surface area contributed by atoms with Crippen molar-refractivity contribution >= 4 is 85.5 Å². The number of hydrogen-bond acceptors (Lipinski definition) is 2. The Morgan fingerprint density at radius 2 is 1.58 bits per heavy atom. The lowest BCUT2D eigenvalue weighted by atomic mass is 10.3. The van der Waals surface area contributed by atoms with Gasteiger partial charge in [-0.15, -0.1) is 0 Å². The number of amides is 1. The predicted octanol–water partition coefficient (Wildman–Crippen LogP) is 6.87. The molecule has 0 saturated heterocycles. The van der Waals surface area contributed by atoms with E-state index in [0.717, 1.165) is 0 Å². The number of carbonyl (C=O) groups excluding carboxylic acids is 1. The van der Waals surface area contributed by atoms with Crippen LogP contribution in [0.3, 0.4) is 0 Å². The molecule has 3 nitrogen and oxygen atoms in total. The molecule has 24 heavy (non-hydrogen) atoms. The highest BCUT2D eigenvalue weighted by Gasteiger charge is 2.21. The van der Waals surface area contributed by atoms with Crippen molar-refractivity contribution in [1.82, 2.24) is 0 Å². The molecule has 0 saturated carbocycles. The summed E-state index contributed by atoms with van der Waals surface area (Å²) in [5.41, 5.74) is -0.00355. The number of nitrogens with one attached hydrogen (secondary N) is 1. The molecule has 0 aromatic heterocycles. The second-order valence-electron chi connectivity index (χ2n) is 4.36. The summed E-state index contributed by atoms with van der Waals surface area (Å²) in [6, 6.07) is 4.18. The van der Waals surface area contributed by atoms with Crippen LogP contribution in [0.2, 0.25) is 25.1 Å². The van der Waals surface area contributed by atoms with E-state index in [1.165, 1.54) is 12.1 Å². The SMILES string of the molecule is O=C(COc1c(Cl)c(Cl)c(Cl)c(Cl)c1Cl)Nc1ccc(Br)cc1F. The molecule has 0 spiro atoms. The molecule has 0 heterocycles. The van der Waals surface area contributed by atoms with Gasteiger partial charge in [0.05, 0.1) is 20.8 Å². The fraction of sp³-hybridized carbons (Fsp3) is 0.0714. The maximum Gasteiger partial charge on any atom is 0.262 e. The minimum Gasteiger partial charge on any atom is -0.481 e. The molecule has 1 amide bonds. The molecule has 0 aliphatic carbocycles. The first-order valence-corrected chi connectivity index (χ1v) is 8.79. The zero-order chi connectivity index (χ0) is 18.0. The van der Waals surface area contributed by atoms with E-state index in [9.17, 15) is 9.18 Å². The van der Waals surface area contributed by atoms with Crippen LogP contribution in [0.5, 0.6) is 5.75 Å². The van der Waals surface area contributed by atoms with Crippen molar-refractivity contribution in [3.8, 4) is 5.75 Å². The third-order valence-corrected chi connectivity index (χ3v) is 5.46. The first-order valence-electron chi connectivity index (χ1n) is 6.11. The first kappa shape index (κ1) is 19.9. The van der Waals surface area contributed by atoms with Gasteiger partial charge in [-0.05, 0) is 18.2 Å². The monoisotopic (exact) mass is 493 g/mol. The normalized spacial score (nSPS) is 10.6. The summed E-state index contributed by atoms with van der Waals surface area (Å²) in [7, 11) is 0. The molecule has 0 radical (unpaired) electrons. The van der Waals surface area contributed by atoms with Crippen molar-refractivity contribution in [2.75, 3.05) is 11.9 Å². The van der Waals surface area contributed by atoms with Crippen molar-refractivity contribution in [2.24, 2.45) is 0 Å². The van der Waals surface area contributed by atoms with E-state index in [1.807, 2.05) is 0 Å². The van der Waals surface area contributed by atoms with Crippen LogP contribution >= 0.6 is 73.9 Å². The molecule has 0 unspecified atom stereocenters. The molecule has 0 atom stereocenters. The maximum absolute atomic E-state index is 13.7. The molecule has 10 heteroatoms. The van der Waals surface area contributed by atoms with Crippen molar-refractivity contribution in [3.05, 3.63) is 53.6 Å². The Kier molecular flexibility index (Phi) is 6.88. The molecule has 0 bridgehead atoms. The summed E-state index contributed by atoms with van der Waals surface area (Å²) in [6.45, 7) is -0.497. The van der Waals surface area contributed by atoms with Gasteiger partial charge in [0.2, 0.25) is 0 Å². The number of rotatable bonds is 4. The number of hydrogen-bond donors (Lipinski definition) is 1. The van der Waals surface area contributed by atoms with E-state index >= 15 is 0 Å². The highest BCUT2D eigenvalue weighted by atomic mass is 79.9. The molecule has 2 aromatic carbocycles. The largest absolute Gasteiger partial charge is 0.481 e. The quantitative estimate of drug-likeness (QED) is 0.371. The molecule has 0 aliphatic rings. The van der Waals surface area contributed by atoms with Crippen molar-refractivity contribution in [2.45, 2.75) is 0 Å². The van der Waals surface area contributed by atoms with E-state index in [0.29, 0.717) is 4.47 Å². The van der Waals surface area contributed by atoms with Gasteiger partial charge in [-0.2, -0.15) is 0 Å². The zero-order valence-electron chi connectivity index (χ0n) is 11.4. The Labute approximate surface area is 170 Å². The van der Waals surface area contributed by atoms with Gasteiger partial charge in [-0.25, -0.2) is 4.39 Å². The Bertz CT molecular complexity index is 789. The Balaban J connectivity index is 2.12. The summed E-state index contributed by atoms with van der Waals surface area (Å²) in [5, 5.41) is 2.05. The fourth-order valence-corrected chi connectivity index (χ4v) is 3.19. The Morgan fingerprint density at radius 3 is 2.12 bits per heavy atom. The van der Waals surface area contributed by atoms with Gasteiger partial charge in [0, 0.05) is 4.47 Å². The van der Waals surface area contributed by atoms with Gasteiger partial charge in [0.1, 0.15) is 15.9 Å². The second kappa shape index (κ2) is 8.30. The summed E-state index contributed by atoms with van der Waals surface area (Å²) in [4.78, 5) is 11.9. The van der Waals surface area contributed by atoms with E-state index in [1.54, 1.807) is 6.07 Å². The molecule has 1 N–H and O–H groups in total. The number of anilines is 1. The summed E-state index contributed by atoms with van der Waals surface area (Å²) < 4.78 is 19.5. The molecular formula is C14H6BrCl5FNO2. The summed E-state index contributed by atoms with van der Waals surface area (Å²) in [6.07, 6.45) is 0. The van der Waals surface area contributed by atoms with Crippen LogP contribution in [-0.4, -0.2) is 12.5 Å². The molecule has 0 aliphatic heterocycles. The van der Waals surface area contributed by atoms with Gasteiger partial charge < -0.3 is 10.1 Å². The van der Waals surface area contributed by atoms with Crippen LogP contribution in [0.4, 0.5) is 10.1 Å². The standard InChI is InChI=1S/C14H6BrCl5FNO2/c15-5-1-2-7(6(21)3-5)22-8(23)4-24-14-12(19)10(17)9(16)11(18)13(14)20/h1-3H,4H2,(H,22,23). The predicted molar refractivity (Wildman–Crippen MR) is 99.7 cm³/mol. The number of ether oxygens (including phenoxy) is 1. The highest BCUT2D eigenvalue weighted by molar-refractivity contribution is 9.10. The highest BCUT2D eigenvalue weighted by Crippen LogP contribution is 2.48. The lowest BCUT2D eigenvalue weighted by Crippen LogP contribution is -2.21. The van der Waals surface area contributed by atoms with Gasteiger partial charge in [-0.3, -0.25) is 4.79 Å². The zero-order valence-corrected chi connectivity index (χ0v) is 16.8. The molecular weight excluding hydrogens is 490 g/mol. The van der Waals surface area contributed by atoms with E-state index in [4.69, 9.17) is 62.7 Å². The lowest BCUT2D eigenvalue weighted by Gasteiger charge is -2.13. The van der Waals surface area contributed by atoms with E-state index in [-0.39, 0.29) is 36.6 Å². The van der Waals surface area contributed by atoms with Crippen LogP contribution < -0.4 is 10.1 Å². The molecule has 128 valence electrons. The number of benzene rings is 2. The van der Waals surface area contributed by atoms with Crippen LogP contribution in [-0.2, 0) is 4.79 Å². The average molecular weight is 496 g/mol. The minimum absolute atomic E-state index is 0.00355. The van der Waals surface area contributed by atoms with E-state index in [2.05, 4.69) is 21.2 Å². The van der Waals surface area contributed by atoms with Crippen molar-refractivity contribution < 1.29 is 13.9 Å². The lowest BCUT2D eigenvalue weighted by molar-refractivity contribution is -0.118. The maximum atomic E-state index is 13.7. The Hall–Kier alpha value is -0.430. The van der Waals surface area contributed by atoms with Crippen LogP contribution in [0.15, 0.2) is 22.7 Å². The number of halogens is 7. The third kappa shape index (κ3) is 4.40. The van der Waals surface area contributed by atoms with Crippen molar-refractivity contribution in [1.29, 1.82) is 0 Å². The van der Waals surface area contributed by atoms with Gasteiger partial charge in [0.15, 0.2) is 12.4 Å². The van der Waals surface area contributed by atoms with Crippen molar-refractivity contribution in [3.63, 3.8) is 0 Å². The van der Waals surface area contributed by atoms with E-state index < -0.39 is 18.3 Å². The van der Waals surface area contributed by atoms with Gasteiger partial charge in [-0.1, -0.05) is 73.9 Å². The summed E-state index contributed by atoms with van der Waals surface area (Å²) in [5.74, 6) is -1.33. The number of carbonyl (C=O) groups is 1. The van der Waals surface area contributed by atoms with Crippen LogP contribution in [0.25, 0.3) is 0 Å².